The molecule has 0 radical (unpaired) electrons. The third-order valence-corrected chi connectivity index (χ3v) is 4.14. The number of nitrogens with zero attached hydrogens (tertiary/aromatic N) is 2. The molecule has 0 aromatic heterocycles. The highest BCUT2D eigenvalue weighted by Gasteiger charge is 2.21. The van der Waals surface area contributed by atoms with Crippen LogP contribution in [0, 0.1) is 0 Å². The normalized spacial score (nSPS) is 14.7. The molecule has 3 rings (SSSR count). The van der Waals surface area contributed by atoms with Crippen LogP contribution >= 0.6 is 0 Å². The van der Waals surface area contributed by atoms with E-state index in [4.69, 9.17) is 0 Å². The summed E-state index contributed by atoms with van der Waals surface area (Å²) in [4.78, 5) is 25.6. The Hall–Kier alpha value is -3.15. The second-order valence-corrected chi connectivity index (χ2v) is 5.85. The van der Waals surface area contributed by atoms with Gasteiger partial charge in [-0.25, -0.2) is 5.43 Å². The molecule has 0 spiro atoms. The SMILES string of the molecule is C/C(=N/NC(=O)c1ccccc1O)c1ccc(N2CCCC2=O)cc1. The molecule has 1 saturated heterocycles. The fourth-order valence-electron chi connectivity index (χ4n) is 2.73. The van der Waals surface area contributed by atoms with Crippen molar-refractivity contribution in [1.82, 2.24) is 5.43 Å². The van der Waals surface area contributed by atoms with Crippen LogP contribution in [0.15, 0.2) is 53.6 Å². The van der Waals surface area contributed by atoms with Gasteiger partial charge in [-0.05, 0) is 43.2 Å². The molecule has 6 nitrogen and oxygen atoms in total. The van der Waals surface area contributed by atoms with Crippen LogP contribution in [0.3, 0.4) is 0 Å². The number of carbonyl (C=O) groups excluding carboxylic acids is 2. The highest BCUT2D eigenvalue weighted by atomic mass is 16.3. The maximum atomic E-state index is 12.0. The van der Waals surface area contributed by atoms with E-state index in [-0.39, 0.29) is 17.2 Å². The summed E-state index contributed by atoms with van der Waals surface area (Å²) in [6.45, 7) is 2.53. The molecule has 1 heterocycles. The van der Waals surface area contributed by atoms with Gasteiger partial charge in [0.1, 0.15) is 5.75 Å². The van der Waals surface area contributed by atoms with Crippen molar-refractivity contribution in [2.24, 2.45) is 5.10 Å². The number of hydrazone groups is 1. The predicted octanol–water partition coefficient (Wildman–Crippen LogP) is 2.67. The van der Waals surface area contributed by atoms with Crippen molar-refractivity contribution in [3.63, 3.8) is 0 Å². The van der Waals surface area contributed by atoms with Gasteiger partial charge in [0.15, 0.2) is 0 Å². The number of anilines is 1. The molecule has 0 saturated carbocycles. The van der Waals surface area contributed by atoms with Gasteiger partial charge in [-0.3, -0.25) is 9.59 Å². The largest absolute Gasteiger partial charge is 0.507 e. The molecule has 6 heteroatoms. The van der Waals surface area contributed by atoms with Gasteiger partial charge in [0, 0.05) is 18.7 Å². The first-order valence-corrected chi connectivity index (χ1v) is 8.09. The minimum absolute atomic E-state index is 0.0903. The number of hydrogen-bond donors (Lipinski definition) is 2. The molecular formula is C19H19N3O3. The number of phenols is 1. The van der Waals surface area contributed by atoms with Crippen LogP contribution in [-0.4, -0.2) is 29.2 Å². The van der Waals surface area contributed by atoms with Crippen molar-refractivity contribution in [3.05, 3.63) is 59.7 Å². The van der Waals surface area contributed by atoms with Gasteiger partial charge in [0.2, 0.25) is 5.91 Å². The van der Waals surface area contributed by atoms with E-state index in [0.717, 1.165) is 24.2 Å². The van der Waals surface area contributed by atoms with Crippen LogP contribution in [0.2, 0.25) is 0 Å². The number of aromatic hydroxyl groups is 1. The minimum Gasteiger partial charge on any atom is -0.507 e. The van der Waals surface area contributed by atoms with E-state index < -0.39 is 5.91 Å². The Labute approximate surface area is 145 Å². The Morgan fingerprint density at radius 1 is 1.16 bits per heavy atom. The summed E-state index contributed by atoms with van der Waals surface area (Å²) in [5.41, 5.74) is 4.95. The maximum absolute atomic E-state index is 12.0. The molecule has 0 aliphatic carbocycles. The quantitative estimate of drug-likeness (QED) is 0.665. The van der Waals surface area contributed by atoms with Crippen LogP contribution in [0.4, 0.5) is 5.69 Å². The summed E-state index contributed by atoms with van der Waals surface area (Å²) in [7, 11) is 0. The summed E-state index contributed by atoms with van der Waals surface area (Å²) in [6.07, 6.45) is 1.49. The first kappa shape index (κ1) is 16.7. The van der Waals surface area contributed by atoms with Gasteiger partial charge in [0.25, 0.3) is 5.91 Å². The molecule has 2 aromatic carbocycles. The van der Waals surface area contributed by atoms with E-state index in [1.165, 1.54) is 12.1 Å². The molecule has 2 aromatic rings. The summed E-state index contributed by atoms with van der Waals surface area (Å²) in [6, 6.07) is 13.8. The fourth-order valence-corrected chi connectivity index (χ4v) is 2.73. The first-order valence-electron chi connectivity index (χ1n) is 8.09. The Balaban J connectivity index is 1.69. The van der Waals surface area contributed by atoms with E-state index in [0.29, 0.717) is 12.1 Å². The van der Waals surface area contributed by atoms with Gasteiger partial charge >= 0.3 is 0 Å². The van der Waals surface area contributed by atoms with Crippen molar-refractivity contribution in [1.29, 1.82) is 0 Å². The zero-order chi connectivity index (χ0) is 17.8. The summed E-state index contributed by atoms with van der Waals surface area (Å²) in [5, 5.41) is 13.8. The second kappa shape index (κ2) is 7.17. The zero-order valence-electron chi connectivity index (χ0n) is 13.9. The molecule has 0 atom stereocenters. The lowest BCUT2D eigenvalue weighted by Gasteiger charge is -2.15. The smallest absolute Gasteiger partial charge is 0.275 e. The lowest BCUT2D eigenvalue weighted by atomic mass is 10.1. The summed E-state index contributed by atoms with van der Waals surface area (Å²) >= 11 is 0. The molecule has 2 amide bonds. The number of para-hydroxylation sites is 1. The van der Waals surface area contributed by atoms with Gasteiger partial charge < -0.3 is 10.0 Å². The second-order valence-electron chi connectivity index (χ2n) is 5.85. The third kappa shape index (κ3) is 3.68. The number of amides is 2. The van der Waals surface area contributed by atoms with Crippen LogP contribution in [0.25, 0.3) is 0 Å². The van der Waals surface area contributed by atoms with Crippen LogP contribution in [0.1, 0.15) is 35.7 Å². The standard InChI is InChI=1S/C19H19N3O3/c1-13(20-21-19(25)16-5-2-3-6-17(16)23)14-8-10-15(11-9-14)22-12-4-7-18(22)24/h2-3,5-6,8-11,23H,4,7,12H2,1H3,(H,21,25)/b20-13-. The molecule has 25 heavy (non-hydrogen) atoms. The molecule has 0 bridgehead atoms. The van der Waals surface area contributed by atoms with Gasteiger partial charge in [-0.15, -0.1) is 0 Å². The average Bonchev–Trinajstić information content (AvgIpc) is 3.06. The Bertz CT molecular complexity index is 828. The molecule has 128 valence electrons. The van der Waals surface area contributed by atoms with E-state index in [1.807, 2.05) is 24.3 Å². The number of carbonyl (C=O) groups is 2. The number of rotatable bonds is 4. The number of nitrogens with one attached hydrogen (secondary N) is 1. The highest BCUT2D eigenvalue weighted by molar-refractivity contribution is 6.02. The van der Waals surface area contributed by atoms with E-state index in [1.54, 1.807) is 24.0 Å². The Morgan fingerprint density at radius 3 is 2.52 bits per heavy atom. The number of phenolic OH excluding ortho intramolecular Hbond substituents is 1. The third-order valence-electron chi connectivity index (χ3n) is 4.14. The number of benzene rings is 2. The van der Waals surface area contributed by atoms with Crippen LogP contribution < -0.4 is 10.3 Å². The Kier molecular flexibility index (Phi) is 4.79. The predicted molar refractivity (Wildman–Crippen MR) is 95.8 cm³/mol. The molecule has 1 aliphatic heterocycles. The fraction of sp³-hybridized carbons (Fsp3) is 0.211. The Morgan fingerprint density at radius 2 is 1.88 bits per heavy atom. The van der Waals surface area contributed by atoms with Crippen LogP contribution in [-0.2, 0) is 4.79 Å². The van der Waals surface area contributed by atoms with Crippen molar-refractivity contribution in [2.75, 3.05) is 11.4 Å². The molecular weight excluding hydrogens is 318 g/mol. The van der Waals surface area contributed by atoms with E-state index >= 15 is 0 Å². The van der Waals surface area contributed by atoms with E-state index in [2.05, 4.69) is 10.5 Å². The van der Waals surface area contributed by atoms with Gasteiger partial charge in [0.05, 0.1) is 11.3 Å². The molecule has 0 unspecified atom stereocenters. The van der Waals surface area contributed by atoms with Gasteiger partial charge in [-0.2, -0.15) is 5.10 Å². The monoisotopic (exact) mass is 337 g/mol. The lowest BCUT2D eigenvalue weighted by Crippen LogP contribution is -2.23. The summed E-state index contributed by atoms with van der Waals surface area (Å²) in [5.74, 6) is -0.419. The molecule has 2 N–H and O–H groups in total. The van der Waals surface area contributed by atoms with Crippen molar-refractivity contribution in [3.8, 4) is 5.75 Å². The number of hydrogen-bond acceptors (Lipinski definition) is 4. The summed E-state index contributed by atoms with van der Waals surface area (Å²) < 4.78 is 0. The topological polar surface area (TPSA) is 82.0 Å². The zero-order valence-corrected chi connectivity index (χ0v) is 13.9. The van der Waals surface area contributed by atoms with Crippen LogP contribution in [0.5, 0.6) is 5.75 Å². The minimum atomic E-state index is -0.475. The highest BCUT2D eigenvalue weighted by Crippen LogP contribution is 2.21. The first-order chi connectivity index (χ1) is 12.1. The molecule has 1 aliphatic rings. The molecule has 1 fully saturated rings. The van der Waals surface area contributed by atoms with Gasteiger partial charge in [-0.1, -0.05) is 24.3 Å². The average molecular weight is 337 g/mol. The van der Waals surface area contributed by atoms with Crippen molar-refractivity contribution in [2.45, 2.75) is 19.8 Å². The lowest BCUT2D eigenvalue weighted by molar-refractivity contribution is -0.117. The van der Waals surface area contributed by atoms with Crippen molar-refractivity contribution >= 4 is 23.2 Å². The van der Waals surface area contributed by atoms with E-state index in [9.17, 15) is 14.7 Å². The van der Waals surface area contributed by atoms with Crippen molar-refractivity contribution < 1.29 is 14.7 Å². The maximum Gasteiger partial charge on any atom is 0.275 e.